The van der Waals surface area contributed by atoms with Crippen molar-refractivity contribution in [2.24, 2.45) is 0 Å². The molecule has 108 valence electrons. The normalized spacial score (nSPS) is 13.2. The van der Waals surface area contributed by atoms with E-state index in [1.807, 2.05) is 18.2 Å². The zero-order chi connectivity index (χ0) is 15.0. The van der Waals surface area contributed by atoms with E-state index in [0.717, 1.165) is 19.3 Å². The quantitative estimate of drug-likeness (QED) is 0.861. The van der Waals surface area contributed by atoms with E-state index in [1.165, 1.54) is 21.9 Å². The molecule has 0 unspecified atom stereocenters. The SMILES string of the molecule is Cc1cn(CC(=O)c2ccc3c(c2)CCC3)c(=O)[nH]c1=O. The molecule has 0 saturated heterocycles. The Kier molecular flexibility index (Phi) is 3.33. The average Bonchev–Trinajstić information content (AvgIpc) is 2.92. The van der Waals surface area contributed by atoms with Gasteiger partial charge in [0.15, 0.2) is 5.78 Å². The number of nitrogens with one attached hydrogen (secondary N) is 1. The maximum atomic E-state index is 12.3. The molecule has 0 bridgehead atoms. The van der Waals surface area contributed by atoms with Gasteiger partial charge in [0, 0.05) is 17.3 Å². The van der Waals surface area contributed by atoms with E-state index < -0.39 is 11.2 Å². The van der Waals surface area contributed by atoms with E-state index in [2.05, 4.69) is 4.98 Å². The van der Waals surface area contributed by atoms with E-state index in [-0.39, 0.29) is 12.3 Å². The number of hydrogen-bond donors (Lipinski definition) is 1. The first-order chi connectivity index (χ1) is 10.0. The lowest BCUT2D eigenvalue weighted by Crippen LogP contribution is -2.32. The van der Waals surface area contributed by atoms with Gasteiger partial charge in [-0.2, -0.15) is 0 Å². The van der Waals surface area contributed by atoms with Crippen LogP contribution in [0.15, 0.2) is 34.0 Å². The summed E-state index contributed by atoms with van der Waals surface area (Å²) in [7, 11) is 0. The first-order valence-corrected chi connectivity index (χ1v) is 7.00. The number of ketones is 1. The van der Waals surface area contributed by atoms with Crippen LogP contribution in [0.3, 0.4) is 0 Å². The highest BCUT2D eigenvalue weighted by Crippen LogP contribution is 2.23. The van der Waals surface area contributed by atoms with Crippen LogP contribution in [-0.2, 0) is 19.4 Å². The molecule has 1 N–H and O–H groups in total. The van der Waals surface area contributed by atoms with Crippen molar-refractivity contribution in [1.82, 2.24) is 9.55 Å². The highest BCUT2D eigenvalue weighted by molar-refractivity contribution is 5.96. The van der Waals surface area contributed by atoms with Crippen molar-refractivity contribution >= 4 is 5.78 Å². The van der Waals surface area contributed by atoms with E-state index in [0.29, 0.717) is 11.1 Å². The molecule has 0 radical (unpaired) electrons. The molecule has 0 spiro atoms. The molecule has 1 aromatic carbocycles. The van der Waals surface area contributed by atoms with E-state index in [9.17, 15) is 14.4 Å². The van der Waals surface area contributed by atoms with E-state index in [1.54, 1.807) is 6.92 Å². The molecule has 0 aliphatic heterocycles. The second kappa shape index (κ2) is 5.16. The Bertz CT molecular complexity index is 830. The number of fused-ring (bicyclic) bond motifs is 1. The molecule has 1 aromatic heterocycles. The van der Waals surface area contributed by atoms with E-state index >= 15 is 0 Å². The Morgan fingerprint density at radius 2 is 2.00 bits per heavy atom. The number of hydrogen-bond acceptors (Lipinski definition) is 3. The molecule has 3 rings (SSSR count). The Hall–Kier alpha value is -2.43. The minimum Gasteiger partial charge on any atom is -0.293 e. The smallest absolute Gasteiger partial charge is 0.293 e. The molecule has 0 amide bonds. The molecule has 5 nitrogen and oxygen atoms in total. The van der Waals surface area contributed by atoms with Gasteiger partial charge in [0.1, 0.15) is 0 Å². The number of carbonyl (C=O) groups excluding carboxylic acids is 1. The number of aryl methyl sites for hydroxylation is 3. The van der Waals surface area contributed by atoms with Gasteiger partial charge in [0.25, 0.3) is 5.56 Å². The molecule has 0 saturated carbocycles. The van der Waals surface area contributed by atoms with Crippen molar-refractivity contribution in [2.75, 3.05) is 0 Å². The van der Waals surface area contributed by atoms with Gasteiger partial charge < -0.3 is 0 Å². The molecule has 1 aliphatic rings. The van der Waals surface area contributed by atoms with Gasteiger partial charge in [-0.15, -0.1) is 0 Å². The van der Waals surface area contributed by atoms with Crippen LogP contribution in [0.25, 0.3) is 0 Å². The maximum Gasteiger partial charge on any atom is 0.328 e. The zero-order valence-electron chi connectivity index (χ0n) is 11.8. The van der Waals surface area contributed by atoms with Crippen LogP contribution >= 0.6 is 0 Å². The van der Waals surface area contributed by atoms with Crippen LogP contribution in [0.1, 0.15) is 33.5 Å². The number of carbonyl (C=O) groups is 1. The van der Waals surface area contributed by atoms with Gasteiger partial charge >= 0.3 is 5.69 Å². The van der Waals surface area contributed by atoms with Gasteiger partial charge in [0.05, 0.1) is 6.54 Å². The standard InChI is InChI=1S/C16H16N2O3/c1-10-8-18(16(21)17-15(10)20)9-14(19)13-6-5-11-3-2-4-12(11)7-13/h5-8H,2-4,9H2,1H3,(H,17,20,21). The van der Waals surface area contributed by atoms with Crippen molar-refractivity contribution in [1.29, 1.82) is 0 Å². The molecule has 0 fully saturated rings. The molecule has 5 heteroatoms. The monoisotopic (exact) mass is 284 g/mol. The fraction of sp³-hybridized carbons (Fsp3) is 0.312. The summed E-state index contributed by atoms with van der Waals surface area (Å²) in [6.45, 7) is 1.55. The summed E-state index contributed by atoms with van der Waals surface area (Å²) < 4.78 is 1.24. The lowest BCUT2D eigenvalue weighted by Gasteiger charge is -2.07. The van der Waals surface area contributed by atoms with Crippen molar-refractivity contribution < 1.29 is 4.79 Å². The van der Waals surface area contributed by atoms with Crippen LogP contribution in [0.2, 0.25) is 0 Å². The number of benzene rings is 1. The number of aromatic nitrogens is 2. The molecule has 0 atom stereocenters. The van der Waals surface area contributed by atoms with Crippen molar-refractivity contribution in [3.8, 4) is 0 Å². The summed E-state index contributed by atoms with van der Waals surface area (Å²) in [6.07, 6.45) is 4.63. The van der Waals surface area contributed by atoms with Gasteiger partial charge in [-0.25, -0.2) is 4.79 Å². The Balaban J connectivity index is 1.88. The predicted octanol–water partition coefficient (Wildman–Crippen LogP) is 1.22. The molecular formula is C16H16N2O3. The largest absolute Gasteiger partial charge is 0.328 e. The van der Waals surface area contributed by atoms with Gasteiger partial charge in [-0.05, 0) is 43.4 Å². The summed E-state index contributed by atoms with van der Waals surface area (Å²) in [5.74, 6) is -0.127. The summed E-state index contributed by atoms with van der Waals surface area (Å²) in [4.78, 5) is 37.5. The molecule has 2 aromatic rings. The van der Waals surface area contributed by atoms with Crippen molar-refractivity contribution in [2.45, 2.75) is 32.7 Å². The summed E-state index contributed by atoms with van der Waals surface area (Å²) in [6, 6.07) is 5.74. The van der Waals surface area contributed by atoms with Crippen LogP contribution < -0.4 is 11.2 Å². The van der Waals surface area contributed by atoms with E-state index in [4.69, 9.17) is 0 Å². The number of H-pyrrole nitrogens is 1. The minimum absolute atomic E-state index is 0.0603. The first-order valence-electron chi connectivity index (χ1n) is 7.00. The number of rotatable bonds is 3. The number of Topliss-reactive ketones (excluding diaryl/α,β-unsaturated/α-hetero) is 1. The Morgan fingerprint density at radius 1 is 1.24 bits per heavy atom. The second-order valence-electron chi connectivity index (χ2n) is 5.46. The van der Waals surface area contributed by atoms with Gasteiger partial charge in [-0.3, -0.25) is 19.1 Å². The van der Waals surface area contributed by atoms with Gasteiger partial charge in [-0.1, -0.05) is 12.1 Å². The van der Waals surface area contributed by atoms with Crippen LogP contribution in [0.4, 0.5) is 0 Å². The zero-order valence-corrected chi connectivity index (χ0v) is 11.8. The van der Waals surface area contributed by atoms with Crippen molar-refractivity contribution in [3.05, 3.63) is 67.5 Å². The average molecular weight is 284 g/mol. The fourth-order valence-corrected chi connectivity index (χ4v) is 2.73. The summed E-state index contributed by atoms with van der Waals surface area (Å²) >= 11 is 0. The number of aromatic amines is 1. The maximum absolute atomic E-state index is 12.3. The lowest BCUT2D eigenvalue weighted by atomic mass is 10.0. The molecular weight excluding hydrogens is 268 g/mol. The molecule has 21 heavy (non-hydrogen) atoms. The lowest BCUT2D eigenvalue weighted by molar-refractivity contribution is 0.0970. The third-order valence-electron chi connectivity index (χ3n) is 3.92. The van der Waals surface area contributed by atoms with Crippen molar-refractivity contribution in [3.63, 3.8) is 0 Å². The summed E-state index contributed by atoms with van der Waals surface area (Å²) in [5, 5.41) is 0. The Morgan fingerprint density at radius 3 is 2.81 bits per heavy atom. The molecule has 1 heterocycles. The highest BCUT2D eigenvalue weighted by atomic mass is 16.2. The predicted molar refractivity (Wildman–Crippen MR) is 78.9 cm³/mol. The van der Waals surface area contributed by atoms with Crippen LogP contribution in [0.5, 0.6) is 0 Å². The van der Waals surface area contributed by atoms with Crippen LogP contribution in [0, 0.1) is 6.92 Å². The third-order valence-corrected chi connectivity index (χ3v) is 3.92. The third kappa shape index (κ3) is 2.59. The topological polar surface area (TPSA) is 71.9 Å². The van der Waals surface area contributed by atoms with Gasteiger partial charge in [0.2, 0.25) is 0 Å². The minimum atomic E-state index is -0.555. The first kappa shape index (κ1) is 13.5. The fourth-order valence-electron chi connectivity index (χ4n) is 2.73. The Labute approximate surface area is 121 Å². The summed E-state index contributed by atoms with van der Waals surface area (Å²) in [5.41, 5.74) is 2.60. The number of nitrogens with zero attached hydrogens (tertiary/aromatic N) is 1. The molecule has 1 aliphatic carbocycles. The second-order valence-corrected chi connectivity index (χ2v) is 5.46. The highest BCUT2D eigenvalue weighted by Gasteiger charge is 2.15. The van der Waals surface area contributed by atoms with Crippen LogP contribution in [-0.4, -0.2) is 15.3 Å².